The van der Waals surface area contributed by atoms with E-state index in [1.54, 1.807) is 31.4 Å². The van der Waals surface area contributed by atoms with Gasteiger partial charge in [-0.05, 0) is 34.1 Å². The van der Waals surface area contributed by atoms with Gasteiger partial charge in [-0.1, -0.05) is 0 Å². The van der Waals surface area contributed by atoms with E-state index in [-0.39, 0.29) is 19.1 Å². The molecule has 2 aliphatic heterocycles. The van der Waals surface area contributed by atoms with Crippen molar-refractivity contribution in [3.05, 3.63) is 39.9 Å². The average molecular weight is 395 g/mol. The predicted octanol–water partition coefficient (Wildman–Crippen LogP) is 3.10. The highest BCUT2D eigenvalue weighted by Crippen LogP contribution is 2.51. The quantitative estimate of drug-likeness (QED) is 0.814. The molecule has 0 aromatic heterocycles. The van der Waals surface area contributed by atoms with Crippen LogP contribution in [0.2, 0.25) is 0 Å². The Morgan fingerprint density at radius 3 is 2.75 bits per heavy atom. The number of phenols is 1. The Labute approximate surface area is 146 Å². The zero-order valence-corrected chi connectivity index (χ0v) is 14.4. The fourth-order valence-corrected chi connectivity index (χ4v) is 3.59. The van der Waals surface area contributed by atoms with Crippen LogP contribution in [0.15, 0.2) is 28.7 Å². The molecule has 0 saturated carbocycles. The van der Waals surface area contributed by atoms with Crippen LogP contribution in [0.3, 0.4) is 0 Å². The molecule has 126 valence electrons. The minimum absolute atomic E-state index is 0.0175. The van der Waals surface area contributed by atoms with Crippen LogP contribution < -0.4 is 18.9 Å². The van der Waals surface area contributed by atoms with Gasteiger partial charge < -0.3 is 29.2 Å². The molecule has 0 bridgehead atoms. The lowest BCUT2D eigenvalue weighted by molar-refractivity contribution is 0.0874. The third kappa shape index (κ3) is 2.27. The zero-order chi connectivity index (χ0) is 16.8. The third-order valence-corrected chi connectivity index (χ3v) is 5.08. The van der Waals surface area contributed by atoms with Gasteiger partial charge in [0.05, 0.1) is 25.7 Å². The van der Waals surface area contributed by atoms with E-state index in [9.17, 15) is 10.2 Å². The van der Waals surface area contributed by atoms with Crippen LogP contribution in [-0.2, 0) is 0 Å². The van der Waals surface area contributed by atoms with Crippen molar-refractivity contribution in [3.63, 3.8) is 0 Å². The topological polar surface area (TPSA) is 77.4 Å². The summed E-state index contributed by atoms with van der Waals surface area (Å²) in [5.74, 6) is 1.82. The second-order valence-electron chi connectivity index (χ2n) is 5.63. The second kappa shape index (κ2) is 5.75. The summed E-state index contributed by atoms with van der Waals surface area (Å²) in [4.78, 5) is 0. The van der Waals surface area contributed by atoms with Crippen molar-refractivity contribution in [1.29, 1.82) is 0 Å². The summed E-state index contributed by atoms with van der Waals surface area (Å²) in [5.41, 5.74) is 1.19. The summed E-state index contributed by atoms with van der Waals surface area (Å²) >= 11 is 3.33. The predicted molar refractivity (Wildman–Crippen MR) is 88.1 cm³/mol. The Morgan fingerprint density at radius 2 is 1.96 bits per heavy atom. The van der Waals surface area contributed by atoms with Crippen molar-refractivity contribution in [1.82, 2.24) is 0 Å². The number of benzene rings is 2. The number of aromatic hydroxyl groups is 1. The summed E-state index contributed by atoms with van der Waals surface area (Å²) in [6, 6.07) is 6.96. The van der Waals surface area contributed by atoms with E-state index in [2.05, 4.69) is 15.9 Å². The first-order valence-corrected chi connectivity index (χ1v) is 8.19. The van der Waals surface area contributed by atoms with Crippen molar-refractivity contribution >= 4 is 15.9 Å². The van der Waals surface area contributed by atoms with Crippen molar-refractivity contribution in [2.45, 2.75) is 12.0 Å². The first-order chi connectivity index (χ1) is 11.6. The molecule has 2 aliphatic rings. The molecule has 0 saturated heterocycles. The number of methoxy groups -OCH3 is 1. The van der Waals surface area contributed by atoms with E-state index >= 15 is 0 Å². The number of halogens is 1. The smallest absolute Gasteiger partial charge is 0.231 e. The van der Waals surface area contributed by atoms with Crippen LogP contribution >= 0.6 is 15.9 Å². The lowest BCUT2D eigenvalue weighted by Gasteiger charge is -2.31. The van der Waals surface area contributed by atoms with E-state index in [1.165, 1.54) is 0 Å². The molecule has 24 heavy (non-hydrogen) atoms. The van der Waals surface area contributed by atoms with Crippen LogP contribution in [0.25, 0.3) is 0 Å². The molecule has 6 nitrogen and oxygen atoms in total. The van der Waals surface area contributed by atoms with Gasteiger partial charge in [0.15, 0.2) is 11.5 Å². The molecule has 2 aromatic rings. The van der Waals surface area contributed by atoms with E-state index in [4.69, 9.17) is 18.9 Å². The monoisotopic (exact) mass is 394 g/mol. The molecule has 2 unspecified atom stereocenters. The molecule has 2 atom stereocenters. The van der Waals surface area contributed by atoms with Crippen molar-refractivity contribution in [3.8, 4) is 28.7 Å². The van der Waals surface area contributed by atoms with Crippen molar-refractivity contribution < 1.29 is 29.2 Å². The maximum atomic E-state index is 10.8. The van der Waals surface area contributed by atoms with Gasteiger partial charge in [0.2, 0.25) is 6.79 Å². The number of ether oxygens (including phenoxy) is 4. The standard InChI is InChI=1S/C17H15BrO6/c1-21-8-2-3-9-12(4-8)22-6-11(15(9)19)10-5-13-17(24-7-23-13)14(18)16(10)20/h2-5,11,15,19-20H,6-7H2,1H3. The SMILES string of the molecule is COc1ccc2c(c1)OCC(c1cc3c(c(Br)c1O)OCO3)C2O. The number of fused-ring (bicyclic) bond motifs is 2. The fourth-order valence-electron chi connectivity index (χ4n) is 3.05. The molecular weight excluding hydrogens is 380 g/mol. The van der Waals surface area contributed by atoms with Gasteiger partial charge in [-0.15, -0.1) is 0 Å². The van der Waals surface area contributed by atoms with Crippen LogP contribution in [-0.4, -0.2) is 30.7 Å². The van der Waals surface area contributed by atoms with Gasteiger partial charge in [-0.3, -0.25) is 0 Å². The normalized spacial score (nSPS) is 21.1. The van der Waals surface area contributed by atoms with E-state index in [0.29, 0.717) is 38.6 Å². The van der Waals surface area contributed by atoms with E-state index in [0.717, 1.165) is 0 Å². The summed E-state index contributed by atoms with van der Waals surface area (Å²) in [6.45, 7) is 0.324. The van der Waals surface area contributed by atoms with Crippen molar-refractivity contribution in [2.75, 3.05) is 20.5 Å². The summed E-state index contributed by atoms with van der Waals surface area (Å²) in [6.07, 6.45) is -0.821. The Morgan fingerprint density at radius 1 is 1.12 bits per heavy atom. The molecule has 2 aromatic carbocycles. The van der Waals surface area contributed by atoms with Crippen LogP contribution in [0.1, 0.15) is 23.1 Å². The second-order valence-corrected chi connectivity index (χ2v) is 6.42. The van der Waals surface area contributed by atoms with Crippen LogP contribution in [0, 0.1) is 0 Å². The maximum Gasteiger partial charge on any atom is 0.231 e. The Hall–Kier alpha value is -2.12. The Bertz CT molecular complexity index is 806. The molecule has 7 heteroatoms. The summed E-state index contributed by atoms with van der Waals surface area (Å²) in [7, 11) is 1.58. The zero-order valence-electron chi connectivity index (χ0n) is 12.8. The van der Waals surface area contributed by atoms with Crippen LogP contribution in [0.4, 0.5) is 0 Å². The van der Waals surface area contributed by atoms with Gasteiger partial charge in [-0.25, -0.2) is 0 Å². The number of phenolic OH excluding ortho intramolecular Hbond substituents is 1. The number of hydrogen-bond acceptors (Lipinski definition) is 6. The minimum Gasteiger partial charge on any atom is -0.506 e. The first-order valence-electron chi connectivity index (χ1n) is 7.40. The molecule has 0 radical (unpaired) electrons. The lowest BCUT2D eigenvalue weighted by atomic mass is 9.86. The van der Waals surface area contributed by atoms with E-state index < -0.39 is 12.0 Å². The molecule has 0 fully saturated rings. The number of aliphatic hydroxyl groups excluding tert-OH is 1. The highest BCUT2D eigenvalue weighted by Gasteiger charge is 2.35. The first kappa shape index (κ1) is 15.4. The molecular formula is C17H15BrO6. The Kier molecular flexibility index (Phi) is 3.69. The largest absolute Gasteiger partial charge is 0.506 e. The minimum atomic E-state index is -0.821. The number of rotatable bonds is 2. The fraction of sp³-hybridized carbons (Fsp3) is 0.294. The molecule has 2 heterocycles. The van der Waals surface area contributed by atoms with Gasteiger partial charge in [0, 0.05) is 17.2 Å². The van der Waals surface area contributed by atoms with Crippen LogP contribution in [0.5, 0.6) is 28.7 Å². The van der Waals surface area contributed by atoms with Gasteiger partial charge in [0.25, 0.3) is 0 Å². The number of aliphatic hydroxyl groups is 1. The highest BCUT2D eigenvalue weighted by molar-refractivity contribution is 9.10. The summed E-state index contributed by atoms with van der Waals surface area (Å²) < 4.78 is 22.1. The summed E-state index contributed by atoms with van der Waals surface area (Å²) in [5, 5.41) is 21.3. The average Bonchev–Trinajstić information content (AvgIpc) is 3.07. The van der Waals surface area contributed by atoms with Gasteiger partial charge in [0.1, 0.15) is 21.7 Å². The van der Waals surface area contributed by atoms with E-state index in [1.807, 2.05) is 0 Å². The highest BCUT2D eigenvalue weighted by atomic mass is 79.9. The van der Waals surface area contributed by atoms with Gasteiger partial charge >= 0.3 is 0 Å². The maximum absolute atomic E-state index is 10.8. The van der Waals surface area contributed by atoms with Gasteiger partial charge in [-0.2, -0.15) is 0 Å². The molecule has 4 rings (SSSR count). The molecule has 0 spiro atoms. The van der Waals surface area contributed by atoms with Crippen molar-refractivity contribution in [2.24, 2.45) is 0 Å². The molecule has 0 aliphatic carbocycles. The molecule has 2 N–H and O–H groups in total. The third-order valence-electron chi connectivity index (χ3n) is 4.35. The Balaban J connectivity index is 1.75. The number of hydrogen-bond donors (Lipinski definition) is 2. The molecule has 0 amide bonds. The lowest BCUT2D eigenvalue weighted by Crippen LogP contribution is -2.24.